The van der Waals surface area contributed by atoms with Crippen LogP contribution in [0.4, 0.5) is 8.78 Å². The number of amides is 1. The lowest BCUT2D eigenvalue weighted by molar-refractivity contribution is 0.0944. The number of hydrogen-bond donors (Lipinski definition) is 1. The molecule has 3 aromatic rings. The maximum atomic E-state index is 14.0. The van der Waals surface area contributed by atoms with Crippen molar-refractivity contribution in [3.05, 3.63) is 82.7 Å². The molecule has 0 aliphatic heterocycles. The number of hydrogen-bond acceptors (Lipinski definition) is 3. The van der Waals surface area contributed by atoms with Gasteiger partial charge in [0, 0.05) is 28.7 Å². The van der Waals surface area contributed by atoms with Crippen LogP contribution in [-0.4, -0.2) is 17.6 Å². The monoisotopic (exact) mass is 395 g/mol. The quantitative estimate of drug-likeness (QED) is 0.697. The van der Waals surface area contributed by atoms with Crippen LogP contribution in [0.25, 0.3) is 5.69 Å². The molecular weight excluding hydrogens is 376 g/mol. The summed E-state index contributed by atoms with van der Waals surface area (Å²) in [5, 5.41) is 11.9. The van der Waals surface area contributed by atoms with Crippen molar-refractivity contribution in [2.45, 2.75) is 19.9 Å². The molecule has 7 heteroatoms. The largest absolute Gasteiger partial charge is 0.497 e. The van der Waals surface area contributed by atoms with E-state index >= 15 is 0 Å². The number of methoxy groups -OCH3 is 1. The van der Waals surface area contributed by atoms with E-state index in [2.05, 4.69) is 5.32 Å². The van der Waals surface area contributed by atoms with Crippen molar-refractivity contribution in [1.82, 2.24) is 9.88 Å². The van der Waals surface area contributed by atoms with Gasteiger partial charge in [0.25, 0.3) is 5.91 Å². The Morgan fingerprint density at radius 1 is 1.14 bits per heavy atom. The van der Waals surface area contributed by atoms with Gasteiger partial charge in [0.05, 0.1) is 18.7 Å². The van der Waals surface area contributed by atoms with E-state index in [9.17, 15) is 18.8 Å². The van der Waals surface area contributed by atoms with Crippen LogP contribution in [0.1, 0.15) is 33.4 Å². The van der Waals surface area contributed by atoms with Gasteiger partial charge in [-0.25, -0.2) is 8.78 Å². The Hall–Kier alpha value is -3.66. The molecule has 0 aliphatic rings. The minimum absolute atomic E-state index is 0.0915. The summed E-state index contributed by atoms with van der Waals surface area (Å²) in [6.07, 6.45) is 0. The molecule has 1 atom stereocenters. The van der Waals surface area contributed by atoms with E-state index in [0.717, 1.165) is 23.5 Å². The zero-order chi connectivity index (χ0) is 21.1. The highest BCUT2D eigenvalue weighted by Crippen LogP contribution is 2.24. The van der Waals surface area contributed by atoms with Gasteiger partial charge >= 0.3 is 0 Å². The standard InChI is InChI=1S/C22H19F2N3O2/c1-13-10-19(14(2)27(13)16-5-7-17(29-3)8-6-16)22(28)26-21(12-25)18-9-4-15(23)11-20(18)24/h4-11,21H,1-3H3,(H,26,28). The van der Waals surface area contributed by atoms with Crippen molar-refractivity contribution < 1.29 is 18.3 Å². The molecule has 1 heterocycles. The van der Waals surface area contributed by atoms with Gasteiger partial charge in [0.2, 0.25) is 0 Å². The molecule has 0 spiro atoms. The molecule has 1 aromatic heterocycles. The Morgan fingerprint density at radius 2 is 1.83 bits per heavy atom. The van der Waals surface area contributed by atoms with Crippen molar-refractivity contribution in [1.29, 1.82) is 5.26 Å². The van der Waals surface area contributed by atoms with Crippen molar-refractivity contribution >= 4 is 5.91 Å². The van der Waals surface area contributed by atoms with E-state index in [0.29, 0.717) is 23.1 Å². The molecule has 1 unspecified atom stereocenters. The second-order valence-electron chi connectivity index (χ2n) is 6.52. The number of aryl methyl sites for hydroxylation is 1. The van der Waals surface area contributed by atoms with Crippen LogP contribution in [0.5, 0.6) is 5.75 Å². The molecule has 0 saturated heterocycles. The van der Waals surface area contributed by atoms with Crippen molar-refractivity contribution in [3.8, 4) is 17.5 Å². The third-order valence-corrected chi connectivity index (χ3v) is 4.68. The third-order valence-electron chi connectivity index (χ3n) is 4.68. The van der Waals surface area contributed by atoms with Crippen LogP contribution in [0.2, 0.25) is 0 Å². The molecule has 0 fully saturated rings. The second-order valence-corrected chi connectivity index (χ2v) is 6.52. The van der Waals surface area contributed by atoms with Crippen LogP contribution < -0.4 is 10.1 Å². The lowest BCUT2D eigenvalue weighted by Crippen LogP contribution is -2.28. The summed E-state index contributed by atoms with van der Waals surface area (Å²) in [6.45, 7) is 3.64. The van der Waals surface area contributed by atoms with E-state index < -0.39 is 23.6 Å². The molecule has 29 heavy (non-hydrogen) atoms. The van der Waals surface area contributed by atoms with Crippen molar-refractivity contribution in [3.63, 3.8) is 0 Å². The summed E-state index contributed by atoms with van der Waals surface area (Å²) in [7, 11) is 1.58. The summed E-state index contributed by atoms with van der Waals surface area (Å²) < 4.78 is 34.2. The Bertz CT molecular complexity index is 1100. The molecule has 2 aromatic carbocycles. The summed E-state index contributed by atoms with van der Waals surface area (Å²) in [5.41, 5.74) is 2.61. The van der Waals surface area contributed by atoms with Gasteiger partial charge in [-0.2, -0.15) is 5.26 Å². The van der Waals surface area contributed by atoms with E-state index in [1.807, 2.05) is 41.8 Å². The summed E-state index contributed by atoms with van der Waals surface area (Å²) in [6, 6.07) is 12.6. The third kappa shape index (κ3) is 3.97. The summed E-state index contributed by atoms with van der Waals surface area (Å²) >= 11 is 0. The van der Waals surface area contributed by atoms with Gasteiger partial charge in [-0.05, 0) is 50.2 Å². The second kappa shape index (κ2) is 8.15. The van der Waals surface area contributed by atoms with Gasteiger partial charge in [0.15, 0.2) is 0 Å². The summed E-state index contributed by atoms with van der Waals surface area (Å²) in [5.74, 6) is -1.45. The van der Waals surface area contributed by atoms with Gasteiger partial charge in [-0.3, -0.25) is 4.79 Å². The lowest BCUT2D eigenvalue weighted by atomic mass is 10.1. The molecule has 148 valence electrons. The predicted octanol–water partition coefficient (Wildman–Crippen LogP) is 4.38. The SMILES string of the molecule is COc1ccc(-n2c(C)cc(C(=O)NC(C#N)c3ccc(F)cc3F)c2C)cc1. The Kier molecular flexibility index (Phi) is 5.64. The molecule has 5 nitrogen and oxygen atoms in total. The number of nitriles is 1. The van der Waals surface area contributed by atoms with Crippen LogP contribution in [0.15, 0.2) is 48.5 Å². The van der Waals surface area contributed by atoms with E-state index in [1.165, 1.54) is 0 Å². The first-order chi connectivity index (χ1) is 13.8. The fraction of sp³-hybridized carbons (Fsp3) is 0.182. The number of benzene rings is 2. The van der Waals surface area contributed by atoms with Gasteiger partial charge in [-0.15, -0.1) is 0 Å². The number of carbonyl (C=O) groups is 1. The lowest BCUT2D eigenvalue weighted by Gasteiger charge is -2.14. The zero-order valence-electron chi connectivity index (χ0n) is 16.2. The number of rotatable bonds is 5. The van der Waals surface area contributed by atoms with E-state index in [1.54, 1.807) is 20.1 Å². The Balaban J connectivity index is 1.90. The normalized spacial score (nSPS) is 11.6. The first-order valence-electron chi connectivity index (χ1n) is 8.84. The number of nitrogens with zero attached hydrogens (tertiary/aromatic N) is 2. The van der Waals surface area contributed by atoms with E-state index in [4.69, 9.17) is 4.74 Å². The zero-order valence-corrected chi connectivity index (χ0v) is 16.2. The minimum atomic E-state index is -1.24. The molecule has 3 rings (SSSR count). The maximum Gasteiger partial charge on any atom is 0.254 e. The van der Waals surface area contributed by atoms with Crippen molar-refractivity contribution in [2.75, 3.05) is 7.11 Å². The van der Waals surface area contributed by atoms with Crippen LogP contribution in [0, 0.1) is 36.8 Å². The molecule has 1 N–H and O–H groups in total. The number of nitrogens with one attached hydrogen (secondary N) is 1. The Morgan fingerprint density at radius 3 is 2.41 bits per heavy atom. The molecule has 0 saturated carbocycles. The van der Waals surface area contributed by atoms with E-state index in [-0.39, 0.29) is 5.56 Å². The number of carbonyl (C=O) groups excluding carboxylic acids is 1. The first-order valence-corrected chi connectivity index (χ1v) is 8.84. The number of ether oxygens (including phenoxy) is 1. The van der Waals surface area contributed by atoms with Gasteiger partial charge < -0.3 is 14.6 Å². The Labute approximate surface area is 167 Å². The highest BCUT2D eigenvalue weighted by atomic mass is 19.1. The highest BCUT2D eigenvalue weighted by Gasteiger charge is 2.22. The average Bonchev–Trinajstić information content (AvgIpc) is 3.00. The topological polar surface area (TPSA) is 67.0 Å². The van der Waals surface area contributed by atoms with Crippen LogP contribution >= 0.6 is 0 Å². The van der Waals surface area contributed by atoms with Crippen LogP contribution in [-0.2, 0) is 0 Å². The van der Waals surface area contributed by atoms with Gasteiger partial charge in [0.1, 0.15) is 23.4 Å². The smallest absolute Gasteiger partial charge is 0.254 e. The molecule has 0 aliphatic carbocycles. The number of halogens is 2. The van der Waals surface area contributed by atoms with Gasteiger partial charge in [-0.1, -0.05) is 6.07 Å². The van der Waals surface area contributed by atoms with Crippen molar-refractivity contribution in [2.24, 2.45) is 0 Å². The van der Waals surface area contributed by atoms with Crippen LogP contribution in [0.3, 0.4) is 0 Å². The molecule has 0 radical (unpaired) electrons. The summed E-state index contributed by atoms with van der Waals surface area (Å²) in [4.78, 5) is 12.8. The fourth-order valence-electron chi connectivity index (χ4n) is 3.25. The molecule has 0 bridgehead atoms. The first kappa shape index (κ1) is 20.1. The highest BCUT2D eigenvalue weighted by molar-refractivity contribution is 5.96. The number of aromatic nitrogens is 1. The fourth-order valence-corrected chi connectivity index (χ4v) is 3.25. The maximum absolute atomic E-state index is 14.0. The minimum Gasteiger partial charge on any atom is -0.497 e. The predicted molar refractivity (Wildman–Crippen MR) is 104 cm³/mol. The average molecular weight is 395 g/mol. The molecule has 1 amide bonds. The molecular formula is C22H19F2N3O2.